The second-order valence-electron chi connectivity index (χ2n) is 16.3. The molecule has 6 heterocycles. The summed E-state index contributed by atoms with van der Waals surface area (Å²) in [5.74, 6) is 1.77. The van der Waals surface area contributed by atoms with Gasteiger partial charge in [0.1, 0.15) is 22.7 Å². The summed E-state index contributed by atoms with van der Waals surface area (Å²) in [6.45, 7) is -0.0817. The molecule has 0 saturated heterocycles. The minimum absolute atomic E-state index is 0.0817. The molecule has 6 heteroatoms. The lowest BCUT2D eigenvalue weighted by molar-refractivity contribution is 0.487. The number of hydrogen-bond donors (Lipinski definition) is 0. The van der Waals surface area contributed by atoms with Crippen LogP contribution < -0.4 is 21.1 Å². The van der Waals surface area contributed by atoms with Gasteiger partial charge >= 0.3 is 0 Å². The summed E-state index contributed by atoms with van der Waals surface area (Å²) in [6, 6.07) is 65.9. The second-order valence-corrected chi connectivity index (χ2v) is 16.3. The van der Waals surface area contributed by atoms with Gasteiger partial charge in [-0.2, -0.15) is 0 Å². The van der Waals surface area contributed by atoms with Crippen LogP contribution in [0.4, 0.5) is 0 Å². The molecule has 9 aromatic carbocycles. The molecule has 15 rings (SSSR count). The minimum atomic E-state index is -0.0817. The highest BCUT2D eigenvalue weighted by Crippen LogP contribution is 2.51. The van der Waals surface area contributed by atoms with Crippen molar-refractivity contribution in [3.8, 4) is 28.6 Å². The smallest absolute Gasteiger partial charge is 0.257 e. The van der Waals surface area contributed by atoms with E-state index < -0.39 is 0 Å². The van der Waals surface area contributed by atoms with Gasteiger partial charge in [-0.05, 0) is 83.1 Å². The van der Waals surface area contributed by atoms with Crippen LogP contribution >= 0.6 is 0 Å². The van der Waals surface area contributed by atoms with E-state index in [1.54, 1.807) is 0 Å². The maximum Gasteiger partial charge on any atom is 0.257 e. The molecule has 0 saturated carbocycles. The monoisotopic (exact) mass is 763 g/mol. The standard InChI is InChI=1S/C54H30BN3O2/c1-3-15-31(16-4-1)56-39-25-11-8-20-34(39)47-52(56)46-33-19-7-10-24-38(33)57(32-17-5-2-6-18-32)53(46)48-36-22-13-23-37-51(36)58(54(47)48)40-26-14-28-43-49(40)55(37)50-44(60-43)30-29-42-45(50)35-21-9-12-27-41(35)59-42/h1-30H. The van der Waals surface area contributed by atoms with Crippen molar-refractivity contribution in [3.63, 3.8) is 0 Å². The molecular weight excluding hydrogens is 733 g/mol. The van der Waals surface area contributed by atoms with Gasteiger partial charge in [0, 0.05) is 65.7 Å². The Balaban J connectivity index is 1.24. The van der Waals surface area contributed by atoms with Gasteiger partial charge in [0.15, 0.2) is 0 Å². The van der Waals surface area contributed by atoms with Gasteiger partial charge in [-0.25, -0.2) is 0 Å². The Kier molecular flexibility index (Phi) is 5.67. The molecule has 13 aromatic rings. The molecule has 0 amide bonds. The maximum atomic E-state index is 6.99. The first-order valence-electron chi connectivity index (χ1n) is 20.6. The van der Waals surface area contributed by atoms with E-state index in [9.17, 15) is 0 Å². The topological polar surface area (TPSA) is 37.2 Å². The summed E-state index contributed by atoms with van der Waals surface area (Å²) in [6.07, 6.45) is 0. The van der Waals surface area contributed by atoms with Crippen molar-refractivity contribution in [1.29, 1.82) is 0 Å². The highest BCUT2D eigenvalue weighted by molar-refractivity contribution is 7.00. The lowest BCUT2D eigenvalue weighted by Gasteiger charge is -2.33. The van der Waals surface area contributed by atoms with E-state index in [2.05, 4.69) is 190 Å². The number of nitrogens with zero attached hydrogens (tertiary/aromatic N) is 3. The van der Waals surface area contributed by atoms with Gasteiger partial charge in [0.2, 0.25) is 0 Å². The van der Waals surface area contributed by atoms with E-state index in [1.165, 1.54) is 76.3 Å². The molecule has 0 spiro atoms. The molecule has 0 aliphatic carbocycles. The number of ether oxygens (including phenoxy) is 1. The van der Waals surface area contributed by atoms with Gasteiger partial charge in [-0.1, -0.05) is 115 Å². The zero-order valence-electron chi connectivity index (χ0n) is 32.1. The van der Waals surface area contributed by atoms with Gasteiger partial charge in [-0.3, -0.25) is 0 Å². The zero-order valence-corrected chi connectivity index (χ0v) is 32.1. The summed E-state index contributed by atoms with van der Waals surface area (Å²) in [5, 5.41) is 9.65. The molecule has 0 atom stereocenters. The average Bonchev–Trinajstić information content (AvgIpc) is 4.05. The van der Waals surface area contributed by atoms with Crippen LogP contribution in [0.1, 0.15) is 0 Å². The summed E-state index contributed by atoms with van der Waals surface area (Å²) in [5.41, 5.74) is 16.0. The van der Waals surface area contributed by atoms with Crippen molar-refractivity contribution in [2.24, 2.45) is 0 Å². The predicted molar refractivity (Wildman–Crippen MR) is 248 cm³/mol. The average molecular weight is 764 g/mol. The Bertz CT molecular complexity index is 4040. The maximum absolute atomic E-state index is 6.99. The molecule has 5 nitrogen and oxygen atoms in total. The fourth-order valence-electron chi connectivity index (χ4n) is 11.3. The molecule has 0 N–H and O–H groups in total. The third-order valence-electron chi connectivity index (χ3n) is 13.4. The minimum Gasteiger partial charge on any atom is -0.458 e. The molecule has 0 radical (unpaired) electrons. The van der Waals surface area contributed by atoms with E-state index in [0.29, 0.717) is 0 Å². The van der Waals surface area contributed by atoms with E-state index in [1.807, 2.05) is 6.07 Å². The number of hydrogen-bond acceptors (Lipinski definition) is 2. The number of rotatable bonds is 2. The fraction of sp³-hybridized carbons (Fsp3) is 0. The lowest BCUT2D eigenvalue weighted by Crippen LogP contribution is -2.58. The van der Waals surface area contributed by atoms with Gasteiger partial charge < -0.3 is 22.9 Å². The van der Waals surface area contributed by atoms with Gasteiger partial charge in [0.25, 0.3) is 6.71 Å². The van der Waals surface area contributed by atoms with Crippen LogP contribution in [0, 0.1) is 0 Å². The molecule has 2 aliphatic heterocycles. The van der Waals surface area contributed by atoms with Crippen LogP contribution in [-0.4, -0.2) is 20.4 Å². The first-order valence-corrected chi connectivity index (χ1v) is 20.6. The van der Waals surface area contributed by atoms with Crippen molar-refractivity contribution in [3.05, 3.63) is 182 Å². The van der Waals surface area contributed by atoms with Crippen molar-refractivity contribution in [2.75, 3.05) is 0 Å². The summed E-state index contributed by atoms with van der Waals surface area (Å²) >= 11 is 0. The largest absolute Gasteiger partial charge is 0.458 e. The van der Waals surface area contributed by atoms with Crippen LogP contribution in [-0.2, 0) is 0 Å². The highest BCUT2D eigenvalue weighted by atomic mass is 16.5. The van der Waals surface area contributed by atoms with Crippen molar-refractivity contribution in [1.82, 2.24) is 13.7 Å². The Labute approximate surface area is 342 Å². The number of aromatic nitrogens is 3. The van der Waals surface area contributed by atoms with E-state index in [-0.39, 0.29) is 6.71 Å². The SMILES string of the molecule is c1ccc(-n2c3ccccc3c3c2c2c4cccc5c4n(c2c2c4ccccc4n(-c4ccccc4)c32)-c2cccc3c2B5c2c(ccc4oc5ccccc5c24)O3)cc1. The predicted octanol–water partition coefficient (Wildman–Crippen LogP) is 11.8. The van der Waals surface area contributed by atoms with Crippen molar-refractivity contribution in [2.45, 2.75) is 0 Å². The summed E-state index contributed by atoms with van der Waals surface area (Å²) in [7, 11) is 0. The summed E-state index contributed by atoms with van der Waals surface area (Å²) in [4.78, 5) is 0. The molecule has 0 fully saturated rings. The molecule has 2 aliphatic rings. The number of benzene rings is 9. The van der Waals surface area contributed by atoms with Crippen LogP contribution in [0.5, 0.6) is 11.5 Å². The molecular formula is C54H30BN3O2. The van der Waals surface area contributed by atoms with E-state index in [0.717, 1.165) is 56.0 Å². The highest BCUT2D eigenvalue weighted by Gasteiger charge is 2.43. The molecule has 4 aromatic heterocycles. The third-order valence-corrected chi connectivity index (χ3v) is 13.4. The normalized spacial score (nSPS) is 13.1. The number of fused-ring (bicyclic) bond motifs is 20. The Morgan fingerprint density at radius 1 is 0.350 bits per heavy atom. The van der Waals surface area contributed by atoms with Crippen molar-refractivity contribution >= 4 is 110 Å². The molecule has 276 valence electrons. The molecule has 0 unspecified atom stereocenters. The van der Waals surface area contributed by atoms with E-state index >= 15 is 0 Å². The first kappa shape index (κ1) is 31.1. The number of para-hydroxylation sites is 6. The van der Waals surface area contributed by atoms with Gasteiger partial charge in [-0.15, -0.1) is 0 Å². The van der Waals surface area contributed by atoms with Crippen LogP contribution in [0.25, 0.3) is 104 Å². The van der Waals surface area contributed by atoms with Crippen LogP contribution in [0.3, 0.4) is 0 Å². The summed E-state index contributed by atoms with van der Waals surface area (Å²) < 4.78 is 21.1. The van der Waals surface area contributed by atoms with Crippen LogP contribution in [0.2, 0.25) is 0 Å². The first-order chi connectivity index (χ1) is 29.8. The van der Waals surface area contributed by atoms with Gasteiger partial charge in [0.05, 0.1) is 27.6 Å². The lowest BCUT2D eigenvalue weighted by atomic mass is 9.34. The third kappa shape index (κ3) is 3.63. The molecule has 60 heavy (non-hydrogen) atoms. The van der Waals surface area contributed by atoms with Crippen molar-refractivity contribution < 1.29 is 9.15 Å². The van der Waals surface area contributed by atoms with Crippen LogP contribution in [0.15, 0.2) is 186 Å². The Morgan fingerprint density at radius 3 is 1.60 bits per heavy atom. The fourth-order valence-corrected chi connectivity index (χ4v) is 11.3. The second kappa shape index (κ2) is 11.0. The quantitative estimate of drug-likeness (QED) is 0.164. The number of furan rings is 1. The molecule has 0 bridgehead atoms. The Hall–Kier alpha value is -7.96. The Morgan fingerprint density at radius 2 is 0.900 bits per heavy atom. The zero-order chi connectivity index (χ0) is 38.8. The van der Waals surface area contributed by atoms with E-state index in [4.69, 9.17) is 9.15 Å².